The molecule has 6 N–H and O–H groups in total. The van der Waals surface area contributed by atoms with E-state index in [0.717, 1.165) is 27.5 Å². The number of carbonyl (C=O) groups excluding carboxylic acids is 4. The Labute approximate surface area is 314 Å². The fraction of sp³-hybridized carbons (Fsp3) is 0.317. The molecule has 0 bridgehead atoms. The third-order valence-corrected chi connectivity index (χ3v) is 8.88. The van der Waals surface area contributed by atoms with Gasteiger partial charge in [0.05, 0.1) is 30.6 Å². The fourth-order valence-corrected chi connectivity index (χ4v) is 6.11. The smallest absolute Gasteiger partial charge is 0.408 e. The number of rotatable bonds is 18. The lowest BCUT2D eigenvalue weighted by molar-refractivity contribution is -0.131. The number of hydrogen-bond donors (Lipinski definition) is 6. The summed E-state index contributed by atoms with van der Waals surface area (Å²) in [4.78, 5) is 65.2. The number of imidazole rings is 1. The van der Waals surface area contributed by atoms with E-state index >= 15 is 0 Å². The van der Waals surface area contributed by atoms with Gasteiger partial charge in [0, 0.05) is 38.0 Å². The zero-order chi connectivity index (χ0) is 38.3. The summed E-state index contributed by atoms with van der Waals surface area (Å²) in [6, 6.07) is 23.1. The predicted molar refractivity (Wildman–Crippen MR) is 204 cm³/mol. The minimum absolute atomic E-state index is 0.000788. The van der Waals surface area contributed by atoms with Crippen molar-refractivity contribution in [3.63, 3.8) is 0 Å². The molecule has 0 saturated heterocycles. The number of alkyl carbamates (subject to hydrolysis) is 1. The number of ether oxygens (including phenoxy) is 1. The number of fused-ring (bicyclic) bond motifs is 1. The Morgan fingerprint density at radius 2 is 1.50 bits per heavy atom. The van der Waals surface area contributed by atoms with Gasteiger partial charge < -0.3 is 36.1 Å². The highest BCUT2D eigenvalue weighted by molar-refractivity contribution is 5.93. The fourth-order valence-electron chi connectivity index (χ4n) is 6.11. The summed E-state index contributed by atoms with van der Waals surface area (Å²) in [5, 5.41) is 24.3. The van der Waals surface area contributed by atoms with E-state index in [-0.39, 0.29) is 44.2 Å². The number of nitrogens with zero attached hydrogens (tertiary/aromatic N) is 2. The normalized spacial score (nSPS) is 13.3. The molecule has 0 aliphatic carbocycles. The van der Waals surface area contributed by atoms with Gasteiger partial charge in [-0.1, -0.05) is 86.6 Å². The Hall–Kier alpha value is -6.08. The van der Waals surface area contributed by atoms with Crippen molar-refractivity contribution in [2.75, 3.05) is 0 Å². The molecular formula is C41H47N7O6. The Balaban J connectivity index is 1.32. The predicted octanol–water partition coefficient (Wildman–Crippen LogP) is 4.12. The highest BCUT2D eigenvalue weighted by Crippen LogP contribution is 2.20. The maximum Gasteiger partial charge on any atom is 0.408 e. The van der Waals surface area contributed by atoms with Crippen LogP contribution in [0.3, 0.4) is 0 Å². The van der Waals surface area contributed by atoms with Gasteiger partial charge in [0.2, 0.25) is 17.7 Å². The lowest BCUT2D eigenvalue weighted by atomic mass is 9.96. The molecule has 0 fully saturated rings. The van der Waals surface area contributed by atoms with Crippen LogP contribution in [0.4, 0.5) is 4.79 Å². The van der Waals surface area contributed by atoms with Crippen LogP contribution >= 0.6 is 0 Å². The number of hydrogen-bond acceptors (Lipinski definition) is 8. The molecule has 5 aromatic rings. The van der Waals surface area contributed by atoms with Crippen molar-refractivity contribution in [3.8, 4) is 0 Å². The number of H-pyrrole nitrogens is 1. The lowest BCUT2D eigenvalue weighted by Gasteiger charge is -2.29. The topological polar surface area (TPSA) is 187 Å². The second kappa shape index (κ2) is 19.7. The zero-order valence-corrected chi connectivity index (χ0v) is 30.4. The third kappa shape index (κ3) is 12.0. The van der Waals surface area contributed by atoms with Crippen LogP contribution in [0.2, 0.25) is 0 Å². The van der Waals surface area contributed by atoms with Crippen LogP contribution in [-0.2, 0) is 45.1 Å². The van der Waals surface area contributed by atoms with Gasteiger partial charge in [0.1, 0.15) is 18.7 Å². The molecule has 0 aliphatic rings. The van der Waals surface area contributed by atoms with Crippen LogP contribution in [0.25, 0.3) is 10.8 Å². The summed E-state index contributed by atoms with van der Waals surface area (Å²) in [5.41, 5.74) is 2.96. The first-order valence-corrected chi connectivity index (χ1v) is 18.0. The maximum atomic E-state index is 14.2. The first kappa shape index (κ1) is 39.1. The van der Waals surface area contributed by atoms with Gasteiger partial charge in [0.25, 0.3) is 0 Å². The van der Waals surface area contributed by atoms with E-state index in [1.807, 2.05) is 86.6 Å². The quantitative estimate of drug-likeness (QED) is 0.0776. The van der Waals surface area contributed by atoms with Crippen LogP contribution < -0.4 is 21.3 Å². The molecular weight excluding hydrogens is 686 g/mol. The SMILES string of the molecule is CC(C)CC(NC(=O)[C@@H](Cc1c[nH]cn1)NC(=O)[C@@H](Cc1cccc2ccccc12)NC(=O)OCc1ccccc1)C(O)CC(=O)NCc1ccncc1. The molecule has 0 spiro atoms. The largest absolute Gasteiger partial charge is 0.445 e. The second-order valence-electron chi connectivity index (χ2n) is 13.6. The van der Waals surface area contributed by atoms with Gasteiger partial charge in [-0.2, -0.15) is 0 Å². The van der Waals surface area contributed by atoms with E-state index in [1.54, 1.807) is 30.7 Å². The molecule has 3 aromatic carbocycles. The van der Waals surface area contributed by atoms with Gasteiger partial charge in [-0.3, -0.25) is 19.4 Å². The van der Waals surface area contributed by atoms with Crippen LogP contribution in [0.15, 0.2) is 110 Å². The molecule has 0 saturated carbocycles. The molecule has 282 valence electrons. The number of aliphatic hydroxyl groups excluding tert-OH is 1. The maximum absolute atomic E-state index is 14.2. The van der Waals surface area contributed by atoms with Gasteiger partial charge in [-0.05, 0) is 51.9 Å². The van der Waals surface area contributed by atoms with Gasteiger partial charge in [0.15, 0.2) is 0 Å². The first-order valence-electron chi connectivity index (χ1n) is 18.0. The summed E-state index contributed by atoms with van der Waals surface area (Å²) >= 11 is 0. The van der Waals surface area contributed by atoms with Crippen molar-refractivity contribution in [3.05, 3.63) is 132 Å². The van der Waals surface area contributed by atoms with Crippen molar-refractivity contribution in [2.45, 2.75) is 76.9 Å². The first-order chi connectivity index (χ1) is 26.1. The highest BCUT2D eigenvalue weighted by Gasteiger charge is 2.32. The molecule has 54 heavy (non-hydrogen) atoms. The molecule has 2 unspecified atom stereocenters. The number of carbonyl (C=O) groups is 4. The standard InChI is InChI=1S/C41H47N7O6/c1-27(2)19-34(37(49)22-38(50)44-23-28-15-17-42-18-16-28)46-40(52)36(21-32-24-43-26-45-32)47-39(51)35(48-41(53)54-25-29-9-4-3-5-10-29)20-31-13-8-12-30-11-6-7-14-33(30)31/h3-18,24,26-27,34-37,49H,19-23,25H2,1-2H3,(H,43,45)(H,44,50)(H,46,52)(H,47,51)(H,48,53)/t34?,35-,36-,37?/m1/s1. The molecule has 4 amide bonds. The average molecular weight is 734 g/mol. The highest BCUT2D eigenvalue weighted by atomic mass is 16.5. The van der Waals surface area contributed by atoms with Crippen LogP contribution in [0.5, 0.6) is 0 Å². The third-order valence-electron chi connectivity index (χ3n) is 8.88. The Morgan fingerprint density at radius 3 is 2.24 bits per heavy atom. The Morgan fingerprint density at radius 1 is 0.796 bits per heavy atom. The number of pyridine rings is 1. The van der Waals surface area contributed by atoms with Crippen molar-refractivity contribution in [1.29, 1.82) is 0 Å². The average Bonchev–Trinajstić information content (AvgIpc) is 3.69. The number of aromatic nitrogens is 3. The summed E-state index contributed by atoms with van der Waals surface area (Å²) in [7, 11) is 0. The lowest BCUT2D eigenvalue weighted by Crippen LogP contribution is -2.57. The van der Waals surface area contributed by atoms with Gasteiger partial charge >= 0.3 is 6.09 Å². The molecule has 2 aromatic heterocycles. The minimum atomic E-state index is -1.21. The molecule has 13 nitrogen and oxygen atoms in total. The monoisotopic (exact) mass is 733 g/mol. The molecule has 0 radical (unpaired) electrons. The van der Waals surface area contributed by atoms with Crippen molar-refractivity contribution in [1.82, 2.24) is 36.2 Å². The van der Waals surface area contributed by atoms with Gasteiger partial charge in [-0.25, -0.2) is 9.78 Å². The Kier molecular flexibility index (Phi) is 14.3. The summed E-state index contributed by atoms with van der Waals surface area (Å²) in [5.74, 6) is -1.53. The Bertz CT molecular complexity index is 1950. The molecule has 2 heterocycles. The summed E-state index contributed by atoms with van der Waals surface area (Å²) < 4.78 is 5.47. The van der Waals surface area contributed by atoms with Crippen molar-refractivity contribution in [2.24, 2.45) is 5.92 Å². The number of amides is 4. The van der Waals surface area contributed by atoms with E-state index in [9.17, 15) is 24.3 Å². The van der Waals surface area contributed by atoms with Crippen LogP contribution in [0, 0.1) is 5.92 Å². The summed E-state index contributed by atoms with van der Waals surface area (Å²) in [6.07, 6.45) is 4.57. The van der Waals surface area contributed by atoms with Crippen molar-refractivity contribution < 1.29 is 29.0 Å². The van der Waals surface area contributed by atoms with Crippen molar-refractivity contribution >= 4 is 34.6 Å². The van der Waals surface area contributed by atoms with E-state index in [2.05, 4.69) is 36.2 Å². The van der Waals surface area contributed by atoms with Crippen LogP contribution in [-0.4, -0.2) is 68.1 Å². The number of aromatic amines is 1. The van der Waals surface area contributed by atoms with E-state index < -0.39 is 42.1 Å². The molecule has 4 atom stereocenters. The summed E-state index contributed by atoms with van der Waals surface area (Å²) in [6.45, 7) is 4.15. The van der Waals surface area contributed by atoms with E-state index in [1.165, 1.54) is 6.33 Å². The van der Waals surface area contributed by atoms with Gasteiger partial charge in [-0.15, -0.1) is 0 Å². The number of aliphatic hydroxyl groups is 1. The zero-order valence-electron chi connectivity index (χ0n) is 30.4. The molecule has 13 heteroatoms. The van der Waals surface area contributed by atoms with Crippen LogP contribution in [0.1, 0.15) is 49.1 Å². The van der Waals surface area contributed by atoms with E-state index in [0.29, 0.717) is 12.1 Å². The number of nitrogens with one attached hydrogen (secondary N) is 5. The molecule has 5 rings (SSSR count). The minimum Gasteiger partial charge on any atom is -0.445 e. The second-order valence-corrected chi connectivity index (χ2v) is 13.6. The molecule has 0 aliphatic heterocycles. The van der Waals surface area contributed by atoms with E-state index in [4.69, 9.17) is 4.74 Å². The number of benzene rings is 3.